The van der Waals surface area contributed by atoms with Crippen molar-refractivity contribution in [2.24, 2.45) is 0 Å². The van der Waals surface area contributed by atoms with Crippen molar-refractivity contribution in [2.45, 2.75) is 24.4 Å². The maximum atomic E-state index is 13.9. The summed E-state index contributed by atoms with van der Waals surface area (Å²) in [6, 6.07) is 9.74. The predicted molar refractivity (Wildman–Crippen MR) is 128 cm³/mol. The van der Waals surface area contributed by atoms with Gasteiger partial charge in [0.25, 0.3) is 5.56 Å². The van der Waals surface area contributed by atoms with Crippen LogP contribution in [0.15, 0.2) is 52.4 Å². The molecule has 5 rings (SSSR count). The zero-order valence-electron chi connectivity index (χ0n) is 17.0. The molecule has 1 aliphatic rings. The second-order valence-electron chi connectivity index (χ2n) is 7.51. The molecular weight excluding hydrogens is 488 g/mol. The maximum Gasteiger partial charge on any atom is 0.267 e. The number of aryl methyl sites for hydroxylation is 2. The standard InChI is InChI=1S/C23H16ClF2N3O2S2/c24-12-4-7-14(8-5-12)29-22(31)20-15-2-1-3-18(15)33-21(20)28-23(29)32-11-19(30)27-17-9-6-13(25)10-16(17)26/h4-10H,1-3,11H2,(H,27,30). The van der Waals surface area contributed by atoms with Crippen LogP contribution in [0.1, 0.15) is 16.9 Å². The van der Waals surface area contributed by atoms with Gasteiger partial charge in [-0.05, 0) is 61.2 Å². The predicted octanol–water partition coefficient (Wildman–Crippen LogP) is 5.60. The van der Waals surface area contributed by atoms with Gasteiger partial charge >= 0.3 is 0 Å². The number of carbonyl (C=O) groups excluding carboxylic acids is 1. The molecule has 0 spiro atoms. The molecule has 5 nitrogen and oxygen atoms in total. The van der Waals surface area contributed by atoms with Crippen molar-refractivity contribution in [3.8, 4) is 5.69 Å². The van der Waals surface area contributed by atoms with E-state index >= 15 is 0 Å². The molecule has 1 aliphatic carbocycles. The van der Waals surface area contributed by atoms with Gasteiger partial charge in [0.2, 0.25) is 5.91 Å². The molecule has 0 saturated heterocycles. The average Bonchev–Trinajstić information content (AvgIpc) is 3.36. The number of rotatable bonds is 5. The van der Waals surface area contributed by atoms with E-state index in [1.807, 2.05) is 0 Å². The van der Waals surface area contributed by atoms with Gasteiger partial charge in [-0.3, -0.25) is 14.2 Å². The van der Waals surface area contributed by atoms with Gasteiger partial charge in [-0.25, -0.2) is 13.8 Å². The molecule has 2 heterocycles. The lowest BCUT2D eigenvalue weighted by Crippen LogP contribution is -2.23. The number of benzene rings is 2. The summed E-state index contributed by atoms with van der Waals surface area (Å²) in [5.41, 5.74) is 1.35. The number of thioether (sulfide) groups is 1. The van der Waals surface area contributed by atoms with E-state index < -0.39 is 17.5 Å². The first-order chi connectivity index (χ1) is 15.9. The lowest BCUT2D eigenvalue weighted by atomic mass is 10.2. The number of fused-ring (bicyclic) bond motifs is 3. The highest BCUT2D eigenvalue weighted by atomic mass is 35.5. The number of nitrogens with one attached hydrogen (secondary N) is 1. The molecule has 2 aromatic heterocycles. The van der Waals surface area contributed by atoms with Crippen LogP contribution < -0.4 is 10.9 Å². The van der Waals surface area contributed by atoms with Gasteiger partial charge in [-0.1, -0.05) is 23.4 Å². The number of hydrogen-bond donors (Lipinski definition) is 1. The molecule has 2 aromatic carbocycles. The normalized spacial score (nSPS) is 12.8. The SMILES string of the molecule is O=C(CSc1nc2sc3c(c2c(=O)n1-c1ccc(Cl)cc1)CCC3)Nc1ccc(F)cc1F. The van der Waals surface area contributed by atoms with E-state index in [2.05, 4.69) is 5.32 Å². The third-order valence-corrected chi connectivity index (χ3v) is 7.71. The van der Waals surface area contributed by atoms with E-state index in [-0.39, 0.29) is 17.0 Å². The third kappa shape index (κ3) is 4.28. The number of aromatic nitrogens is 2. The van der Waals surface area contributed by atoms with Gasteiger partial charge in [-0.15, -0.1) is 11.3 Å². The van der Waals surface area contributed by atoms with Crippen LogP contribution in [0.5, 0.6) is 0 Å². The Morgan fingerprint density at radius 1 is 1.18 bits per heavy atom. The Balaban J connectivity index is 1.50. The van der Waals surface area contributed by atoms with Crippen LogP contribution >= 0.6 is 34.7 Å². The number of halogens is 3. The van der Waals surface area contributed by atoms with Crippen LogP contribution in [-0.4, -0.2) is 21.2 Å². The van der Waals surface area contributed by atoms with Crippen molar-refractivity contribution >= 4 is 56.5 Å². The van der Waals surface area contributed by atoms with Gasteiger partial charge < -0.3 is 5.32 Å². The minimum atomic E-state index is -0.862. The second-order valence-corrected chi connectivity index (χ2v) is 9.97. The van der Waals surface area contributed by atoms with E-state index in [9.17, 15) is 18.4 Å². The molecule has 0 unspecified atom stereocenters. The van der Waals surface area contributed by atoms with Crippen molar-refractivity contribution in [1.29, 1.82) is 0 Å². The fraction of sp³-hybridized carbons (Fsp3) is 0.174. The second kappa shape index (κ2) is 8.89. The number of amides is 1. The Bertz CT molecular complexity index is 1450. The average molecular weight is 504 g/mol. The molecule has 4 aromatic rings. The van der Waals surface area contributed by atoms with Crippen molar-refractivity contribution < 1.29 is 13.6 Å². The molecule has 10 heteroatoms. The molecule has 0 saturated carbocycles. The highest BCUT2D eigenvalue weighted by Gasteiger charge is 2.24. The highest BCUT2D eigenvalue weighted by Crippen LogP contribution is 2.36. The van der Waals surface area contributed by atoms with E-state index in [1.54, 1.807) is 24.3 Å². The molecule has 0 fully saturated rings. The van der Waals surface area contributed by atoms with Gasteiger partial charge in [0.1, 0.15) is 16.5 Å². The number of anilines is 1. The summed E-state index contributed by atoms with van der Waals surface area (Å²) in [6.07, 6.45) is 2.81. The topological polar surface area (TPSA) is 64.0 Å². The maximum absolute atomic E-state index is 13.9. The first-order valence-corrected chi connectivity index (χ1v) is 12.3. The molecule has 1 N–H and O–H groups in total. The monoisotopic (exact) mass is 503 g/mol. The van der Waals surface area contributed by atoms with E-state index in [1.165, 1.54) is 20.8 Å². The Morgan fingerprint density at radius 2 is 1.97 bits per heavy atom. The quantitative estimate of drug-likeness (QED) is 0.284. The van der Waals surface area contributed by atoms with E-state index in [4.69, 9.17) is 16.6 Å². The Labute approximate surface area is 200 Å². The van der Waals surface area contributed by atoms with Crippen LogP contribution in [0.2, 0.25) is 5.02 Å². The minimum absolute atomic E-state index is 0.116. The Kier molecular flexibility index (Phi) is 5.94. The number of thiophene rings is 1. The first-order valence-electron chi connectivity index (χ1n) is 10.1. The zero-order chi connectivity index (χ0) is 23.1. The smallest absolute Gasteiger partial charge is 0.267 e. The van der Waals surface area contributed by atoms with Crippen LogP contribution in [0.25, 0.3) is 15.9 Å². The Morgan fingerprint density at radius 3 is 2.73 bits per heavy atom. The van der Waals surface area contributed by atoms with Crippen LogP contribution in [-0.2, 0) is 17.6 Å². The zero-order valence-corrected chi connectivity index (χ0v) is 19.4. The van der Waals surface area contributed by atoms with Crippen LogP contribution in [0.4, 0.5) is 14.5 Å². The molecule has 168 valence electrons. The molecule has 33 heavy (non-hydrogen) atoms. The fourth-order valence-corrected chi connectivity index (χ4v) is 6.09. The third-order valence-electron chi connectivity index (χ3n) is 5.33. The molecule has 1 amide bonds. The van der Waals surface area contributed by atoms with E-state index in [0.717, 1.165) is 48.7 Å². The summed E-state index contributed by atoms with van der Waals surface area (Å²) in [7, 11) is 0. The molecular formula is C23H16ClF2N3O2S2. The minimum Gasteiger partial charge on any atom is -0.323 e. The van der Waals surface area contributed by atoms with Gasteiger partial charge in [0.05, 0.1) is 22.5 Å². The highest BCUT2D eigenvalue weighted by molar-refractivity contribution is 7.99. The van der Waals surface area contributed by atoms with Gasteiger partial charge in [-0.2, -0.15) is 0 Å². The van der Waals surface area contributed by atoms with Crippen LogP contribution in [0.3, 0.4) is 0 Å². The van der Waals surface area contributed by atoms with Gasteiger partial charge in [0.15, 0.2) is 5.16 Å². The number of nitrogens with zero attached hydrogens (tertiary/aromatic N) is 2. The fourth-order valence-electron chi connectivity index (χ4n) is 3.85. The molecule has 0 atom stereocenters. The van der Waals surface area contributed by atoms with Crippen molar-refractivity contribution in [1.82, 2.24) is 9.55 Å². The lowest BCUT2D eigenvalue weighted by molar-refractivity contribution is -0.113. The van der Waals surface area contributed by atoms with Crippen molar-refractivity contribution in [3.05, 3.63) is 79.9 Å². The summed E-state index contributed by atoms with van der Waals surface area (Å²) < 4.78 is 28.5. The van der Waals surface area contributed by atoms with Gasteiger partial charge in [0, 0.05) is 16.0 Å². The summed E-state index contributed by atoms with van der Waals surface area (Å²) in [5.74, 6) is -2.21. The first kappa shape index (κ1) is 22.1. The molecule has 0 bridgehead atoms. The van der Waals surface area contributed by atoms with E-state index in [0.29, 0.717) is 32.1 Å². The van der Waals surface area contributed by atoms with Crippen molar-refractivity contribution in [3.63, 3.8) is 0 Å². The van der Waals surface area contributed by atoms with Crippen LogP contribution in [0, 0.1) is 11.6 Å². The summed E-state index contributed by atoms with van der Waals surface area (Å²) in [5, 5.41) is 3.94. The largest absolute Gasteiger partial charge is 0.323 e. The molecule has 0 aliphatic heterocycles. The number of hydrogen-bond acceptors (Lipinski definition) is 5. The summed E-state index contributed by atoms with van der Waals surface area (Å²) in [4.78, 5) is 32.6. The summed E-state index contributed by atoms with van der Waals surface area (Å²) >= 11 is 8.61. The number of carbonyl (C=O) groups is 1. The molecule has 0 radical (unpaired) electrons. The lowest BCUT2D eigenvalue weighted by Gasteiger charge is -2.13. The van der Waals surface area contributed by atoms with Crippen molar-refractivity contribution in [2.75, 3.05) is 11.1 Å². The summed E-state index contributed by atoms with van der Waals surface area (Å²) in [6.45, 7) is 0. The Hall–Kier alpha value is -2.75.